The molecular formula is C8H9N3OS2. The molecule has 14 heavy (non-hydrogen) atoms. The Morgan fingerprint density at radius 2 is 2.57 bits per heavy atom. The van der Waals surface area contributed by atoms with Crippen LogP contribution in [-0.2, 0) is 6.54 Å². The second-order valence-electron chi connectivity index (χ2n) is 2.54. The summed E-state index contributed by atoms with van der Waals surface area (Å²) < 4.78 is 0. The molecule has 0 aliphatic carbocycles. The van der Waals surface area contributed by atoms with Gasteiger partial charge in [-0.05, 0) is 0 Å². The lowest BCUT2D eigenvalue weighted by atomic mass is 10.4. The minimum atomic E-state index is -0.324. The highest BCUT2D eigenvalue weighted by atomic mass is 32.1. The maximum atomic E-state index is 11.0. The number of carbonyl (C=O) groups is 1. The smallest absolute Gasteiger partial charge is 0.278 e. The lowest BCUT2D eigenvalue weighted by Crippen LogP contribution is -2.26. The summed E-state index contributed by atoms with van der Waals surface area (Å²) in [5.41, 5.74) is 0. The van der Waals surface area contributed by atoms with Crippen molar-refractivity contribution in [3.63, 3.8) is 0 Å². The minimum absolute atomic E-state index is 0.317. The van der Waals surface area contributed by atoms with Gasteiger partial charge in [0.05, 0.1) is 19.0 Å². The molecule has 0 atom stereocenters. The van der Waals surface area contributed by atoms with Crippen LogP contribution in [0, 0.1) is 11.3 Å². The zero-order valence-electron chi connectivity index (χ0n) is 7.38. The highest BCUT2D eigenvalue weighted by Crippen LogP contribution is 2.10. The zero-order valence-corrected chi connectivity index (χ0v) is 9.09. The Bertz CT molecular complexity index is 331. The van der Waals surface area contributed by atoms with Crippen molar-refractivity contribution in [3.8, 4) is 6.07 Å². The highest BCUT2D eigenvalue weighted by molar-refractivity contribution is 7.96. The molecule has 74 valence electrons. The third-order valence-corrected chi connectivity index (χ3v) is 2.62. The number of carbonyl (C=O) groups excluding carboxylic acids is 1. The van der Waals surface area contributed by atoms with Crippen molar-refractivity contribution < 1.29 is 4.79 Å². The van der Waals surface area contributed by atoms with Crippen molar-refractivity contribution in [1.29, 1.82) is 5.26 Å². The molecule has 0 fully saturated rings. The van der Waals surface area contributed by atoms with Gasteiger partial charge in [-0.3, -0.25) is 4.79 Å². The first kappa shape index (κ1) is 11.0. The fraction of sp³-hybridized carbons (Fsp3) is 0.375. The molecule has 0 radical (unpaired) electrons. The normalized spacial score (nSPS) is 9.43. The maximum Gasteiger partial charge on any atom is 0.278 e. The van der Waals surface area contributed by atoms with Gasteiger partial charge in [-0.15, -0.1) is 11.3 Å². The predicted octanol–water partition coefficient (Wildman–Crippen LogP) is 1.91. The van der Waals surface area contributed by atoms with E-state index in [0.717, 1.165) is 5.01 Å². The summed E-state index contributed by atoms with van der Waals surface area (Å²) in [6.45, 7) is 0.833. The van der Waals surface area contributed by atoms with Crippen LogP contribution >= 0.6 is 24.0 Å². The molecule has 0 bridgehead atoms. The fourth-order valence-corrected chi connectivity index (χ4v) is 1.72. The predicted molar refractivity (Wildman–Crippen MR) is 57.1 cm³/mol. The van der Waals surface area contributed by atoms with E-state index in [1.807, 2.05) is 11.4 Å². The van der Waals surface area contributed by atoms with Gasteiger partial charge >= 0.3 is 0 Å². The van der Waals surface area contributed by atoms with Gasteiger partial charge in [0, 0.05) is 18.1 Å². The molecular weight excluding hydrogens is 218 g/mol. The van der Waals surface area contributed by atoms with Crippen LogP contribution in [0.1, 0.15) is 11.4 Å². The van der Waals surface area contributed by atoms with E-state index in [0.29, 0.717) is 19.5 Å². The van der Waals surface area contributed by atoms with E-state index in [-0.39, 0.29) is 5.24 Å². The molecule has 1 rings (SSSR count). The number of thiol groups is 1. The number of thiazole rings is 1. The van der Waals surface area contributed by atoms with Crippen molar-refractivity contribution >= 4 is 29.2 Å². The van der Waals surface area contributed by atoms with Gasteiger partial charge in [0.25, 0.3) is 5.24 Å². The molecule has 0 saturated heterocycles. The molecule has 1 aromatic heterocycles. The minimum Gasteiger partial charge on any atom is -0.326 e. The van der Waals surface area contributed by atoms with Gasteiger partial charge in [0.1, 0.15) is 5.01 Å². The summed E-state index contributed by atoms with van der Waals surface area (Å²) in [6, 6.07) is 1.99. The topological polar surface area (TPSA) is 57.0 Å². The largest absolute Gasteiger partial charge is 0.326 e. The summed E-state index contributed by atoms with van der Waals surface area (Å²) in [4.78, 5) is 16.6. The number of hydrogen-bond donors (Lipinski definition) is 1. The van der Waals surface area contributed by atoms with Crippen LogP contribution in [0.25, 0.3) is 0 Å². The molecule has 1 heterocycles. The summed E-state index contributed by atoms with van der Waals surface area (Å²) in [6.07, 6.45) is 2.00. The Labute approximate surface area is 91.6 Å². The van der Waals surface area contributed by atoms with Crippen LogP contribution < -0.4 is 0 Å². The first-order valence-electron chi connectivity index (χ1n) is 3.97. The highest BCUT2D eigenvalue weighted by Gasteiger charge is 2.10. The SMILES string of the molecule is N#CCCN(Cc1nccs1)C(=O)S. The number of rotatable bonds is 4. The van der Waals surface area contributed by atoms with Crippen molar-refractivity contribution in [1.82, 2.24) is 9.88 Å². The van der Waals surface area contributed by atoms with Crippen molar-refractivity contribution in [3.05, 3.63) is 16.6 Å². The second kappa shape index (κ2) is 5.62. The molecule has 0 unspecified atom stereocenters. The monoisotopic (exact) mass is 227 g/mol. The number of aromatic nitrogens is 1. The van der Waals surface area contributed by atoms with E-state index in [1.165, 1.54) is 16.2 Å². The zero-order chi connectivity index (χ0) is 10.4. The van der Waals surface area contributed by atoms with Crippen LogP contribution in [0.3, 0.4) is 0 Å². The third kappa shape index (κ3) is 3.36. The average molecular weight is 227 g/mol. The van der Waals surface area contributed by atoms with Gasteiger partial charge in [-0.2, -0.15) is 5.26 Å². The number of nitrogens with zero attached hydrogens (tertiary/aromatic N) is 3. The van der Waals surface area contributed by atoms with E-state index in [4.69, 9.17) is 5.26 Å². The van der Waals surface area contributed by atoms with E-state index in [1.54, 1.807) is 6.20 Å². The Morgan fingerprint density at radius 1 is 1.79 bits per heavy atom. The van der Waals surface area contributed by atoms with Gasteiger partial charge in [0.2, 0.25) is 0 Å². The second-order valence-corrected chi connectivity index (χ2v) is 3.90. The molecule has 0 saturated carbocycles. The molecule has 0 aliphatic heterocycles. The van der Waals surface area contributed by atoms with Crippen molar-refractivity contribution in [2.75, 3.05) is 6.54 Å². The standard InChI is InChI=1S/C8H9N3OS2/c9-2-1-4-11(8(12)13)6-7-10-3-5-14-7/h3,5H,1,4,6H2,(H,12,13). The summed E-state index contributed by atoms with van der Waals surface area (Å²) in [5, 5.41) is 10.8. The summed E-state index contributed by atoms with van der Waals surface area (Å²) >= 11 is 5.21. The Morgan fingerprint density at radius 3 is 3.07 bits per heavy atom. The van der Waals surface area contributed by atoms with Crippen LogP contribution in [-0.4, -0.2) is 21.7 Å². The van der Waals surface area contributed by atoms with Gasteiger partial charge in [-0.1, -0.05) is 12.6 Å². The first-order valence-corrected chi connectivity index (χ1v) is 5.30. The lowest BCUT2D eigenvalue weighted by molar-refractivity contribution is 0.222. The number of nitriles is 1. The Balaban J connectivity index is 2.52. The summed E-state index contributed by atoms with van der Waals surface area (Å²) in [5.74, 6) is 0. The molecule has 6 heteroatoms. The van der Waals surface area contributed by atoms with E-state index >= 15 is 0 Å². The summed E-state index contributed by atoms with van der Waals surface area (Å²) in [7, 11) is 0. The number of hydrogen-bond acceptors (Lipinski definition) is 4. The van der Waals surface area contributed by atoms with Gasteiger partial charge < -0.3 is 4.90 Å². The van der Waals surface area contributed by atoms with Crippen molar-refractivity contribution in [2.24, 2.45) is 0 Å². The van der Waals surface area contributed by atoms with Gasteiger partial charge in [-0.25, -0.2) is 4.98 Å². The Kier molecular flexibility index (Phi) is 4.43. The maximum absolute atomic E-state index is 11.0. The molecule has 4 nitrogen and oxygen atoms in total. The Hall–Kier alpha value is -1.06. The van der Waals surface area contributed by atoms with Crippen LogP contribution in [0.15, 0.2) is 11.6 Å². The van der Waals surface area contributed by atoms with Crippen LogP contribution in [0.4, 0.5) is 4.79 Å². The molecule has 0 aliphatic rings. The van der Waals surface area contributed by atoms with E-state index < -0.39 is 0 Å². The fourth-order valence-electron chi connectivity index (χ4n) is 0.922. The van der Waals surface area contributed by atoms with Crippen LogP contribution in [0.5, 0.6) is 0 Å². The van der Waals surface area contributed by atoms with E-state index in [9.17, 15) is 4.79 Å². The van der Waals surface area contributed by atoms with Crippen LogP contribution in [0.2, 0.25) is 0 Å². The molecule has 0 spiro atoms. The average Bonchev–Trinajstić information content (AvgIpc) is 2.64. The first-order chi connectivity index (χ1) is 6.74. The molecule has 1 amide bonds. The van der Waals surface area contributed by atoms with Crippen molar-refractivity contribution in [2.45, 2.75) is 13.0 Å². The molecule has 1 aromatic rings. The molecule has 0 aromatic carbocycles. The van der Waals surface area contributed by atoms with Gasteiger partial charge in [0.15, 0.2) is 0 Å². The third-order valence-electron chi connectivity index (χ3n) is 1.57. The quantitative estimate of drug-likeness (QED) is 0.799. The number of amides is 1. The lowest BCUT2D eigenvalue weighted by Gasteiger charge is -2.16. The molecule has 0 N–H and O–H groups in total. The van der Waals surface area contributed by atoms with E-state index in [2.05, 4.69) is 17.6 Å².